The number of rotatable bonds is 6. The SMILES string of the molecule is CC1(C)S[C@@H]2[C@H](NC(=O)[C@H](N)c3ccccc3)C(=O)N2[C@H]1C(=O)O.O=C([O-])[C@H]1/C(=C/CO)O[C@@H]2CC(=O)N21.[K+]. The van der Waals surface area contributed by atoms with Crippen molar-refractivity contribution in [1.82, 2.24) is 15.1 Å². The summed E-state index contributed by atoms with van der Waals surface area (Å²) in [7, 11) is 0. The molecular formula is C24H27KN4O9S. The van der Waals surface area contributed by atoms with Crippen molar-refractivity contribution in [2.45, 2.75) is 60.8 Å². The van der Waals surface area contributed by atoms with Gasteiger partial charge in [-0.25, -0.2) is 4.79 Å². The zero-order valence-corrected chi connectivity index (χ0v) is 25.4. The molecule has 4 heterocycles. The summed E-state index contributed by atoms with van der Waals surface area (Å²) in [5.74, 6) is -3.43. The quantitative estimate of drug-likeness (QED) is 0.183. The van der Waals surface area contributed by atoms with Crippen LogP contribution in [0, 0.1) is 0 Å². The predicted octanol–water partition coefficient (Wildman–Crippen LogP) is -5.11. The fourth-order valence-electron chi connectivity index (χ4n) is 4.85. The number of aliphatic hydroxyl groups excluding tert-OH is 1. The van der Waals surface area contributed by atoms with Gasteiger partial charge in [0.25, 0.3) is 0 Å². The Kier molecular flexibility index (Phi) is 9.92. The van der Waals surface area contributed by atoms with Crippen molar-refractivity contribution >= 4 is 41.4 Å². The molecule has 0 aliphatic carbocycles. The van der Waals surface area contributed by atoms with Gasteiger partial charge in [0.05, 0.1) is 19.0 Å². The van der Waals surface area contributed by atoms with Gasteiger partial charge in [0.2, 0.25) is 17.7 Å². The second-order valence-corrected chi connectivity index (χ2v) is 11.3. The molecule has 0 unspecified atom stereocenters. The van der Waals surface area contributed by atoms with Crippen molar-refractivity contribution in [3.8, 4) is 0 Å². The van der Waals surface area contributed by atoms with Gasteiger partial charge in [-0.15, -0.1) is 11.8 Å². The first-order valence-electron chi connectivity index (χ1n) is 11.7. The zero-order valence-electron chi connectivity index (χ0n) is 21.5. The van der Waals surface area contributed by atoms with Crippen molar-refractivity contribution in [3.63, 3.8) is 0 Å². The number of carboxylic acid groups (broad SMARTS) is 2. The number of aliphatic carboxylic acids is 2. The summed E-state index contributed by atoms with van der Waals surface area (Å²) >= 11 is 1.38. The molecule has 1 aromatic carbocycles. The molecule has 0 radical (unpaired) electrons. The topological polar surface area (TPSA) is 203 Å². The van der Waals surface area contributed by atoms with Crippen LogP contribution in [0.2, 0.25) is 0 Å². The third-order valence-electron chi connectivity index (χ3n) is 6.70. The Labute approximate surface area is 270 Å². The molecule has 0 aromatic heterocycles. The van der Waals surface area contributed by atoms with Gasteiger partial charge in [0, 0.05) is 4.75 Å². The second-order valence-electron chi connectivity index (χ2n) is 9.56. The molecule has 4 fully saturated rings. The van der Waals surface area contributed by atoms with E-state index in [9.17, 15) is 34.2 Å². The summed E-state index contributed by atoms with van der Waals surface area (Å²) in [6.07, 6.45) is 0.918. The number of carbonyl (C=O) groups excluding carboxylic acids is 4. The molecule has 3 amide bonds. The fraction of sp³-hybridized carbons (Fsp3) is 0.458. The minimum atomic E-state index is -1.39. The van der Waals surface area contributed by atoms with Crippen LogP contribution in [0.15, 0.2) is 42.2 Å². The number of carboxylic acids is 2. The van der Waals surface area contributed by atoms with Crippen LogP contribution in [0.5, 0.6) is 0 Å². The fourth-order valence-corrected chi connectivity index (χ4v) is 6.47. The van der Waals surface area contributed by atoms with Gasteiger partial charge in [0.1, 0.15) is 35.3 Å². The van der Waals surface area contributed by atoms with Crippen molar-refractivity contribution in [1.29, 1.82) is 0 Å². The maximum absolute atomic E-state index is 12.3. The van der Waals surface area contributed by atoms with E-state index in [1.165, 1.54) is 22.7 Å². The van der Waals surface area contributed by atoms with Crippen LogP contribution in [0.25, 0.3) is 0 Å². The third kappa shape index (κ3) is 5.90. The number of thioether (sulfide) groups is 1. The van der Waals surface area contributed by atoms with Gasteiger partial charge in [-0.2, -0.15) is 0 Å². The van der Waals surface area contributed by atoms with Gasteiger partial charge in [-0.1, -0.05) is 30.3 Å². The Morgan fingerprint density at radius 3 is 2.44 bits per heavy atom. The van der Waals surface area contributed by atoms with Gasteiger partial charge in [-0.3, -0.25) is 19.3 Å². The molecule has 0 bridgehead atoms. The molecule has 1 aromatic rings. The molecular weight excluding hydrogens is 559 g/mol. The number of β-lactam (4-membered cyclic amide) rings is 2. The first kappa shape index (κ1) is 31.5. The molecule has 0 spiro atoms. The van der Waals surface area contributed by atoms with Crippen LogP contribution in [0.1, 0.15) is 31.9 Å². The number of aliphatic hydroxyl groups is 1. The van der Waals surface area contributed by atoms with Gasteiger partial charge in [-0.05, 0) is 25.5 Å². The number of ether oxygens (including phenoxy) is 1. The molecule has 0 saturated carbocycles. The maximum Gasteiger partial charge on any atom is 1.00 e. The van der Waals surface area contributed by atoms with E-state index in [2.05, 4.69) is 5.32 Å². The van der Waals surface area contributed by atoms with Crippen molar-refractivity contribution in [2.75, 3.05) is 6.61 Å². The van der Waals surface area contributed by atoms with Crippen LogP contribution in [-0.2, 0) is 28.7 Å². The Morgan fingerprint density at radius 1 is 1.26 bits per heavy atom. The molecule has 4 aliphatic heterocycles. The number of fused-ring (bicyclic) bond motifs is 2. The number of nitrogens with two attached hydrogens (primary N) is 1. The average Bonchev–Trinajstić information content (AvgIpc) is 3.31. The standard InChI is InChI=1S/C16H19N3O4S.C8H9NO5.K/c1-16(2)11(15(22)23)19-13(21)10(14(19)24-16)18-12(20)9(17)8-6-4-3-5-7-8;10-2-1-4-7(8(12)13)9-5(11)3-6(9)14-4;/h3-7,9-11,14H,17H2,1-2H3,(H,18,20)(H,22,23);1,6-7,10H,2-3H2,(H,12,13);/q;;+1/p-1/b;4-1-;/t9-,10-,11+,14-;6-,7-;/m11./s1. The summed E-state index contributed by atoms with van der Waals surface area (Å²) in [4.78, 5) is 60.3. The number of amides is 3. The first-order chi connectivity index (χ1) is 17.9. The molecule has 15 heteroatoms. The van der Waals surface area contributed by atoms with Crippen LogP contribution < -0.4 is 67.5 Å². The van der Waals surface area contributed by atoms with Crippen LogP contribution in [-0.4, -0.2) is 90.8 Å². The number of hydrogen-bond donors (Lipinski definition) is 4. The number of carbonyl (C=O) groups is 5. The first-order valence-corrected chi connectivity index (χ1v) is 12.6. The van der Waals surface area contributed by atoms with Crippen LogP contribution in [0.3, 0.4) is 0 Å². The Bertz CT molecular complexity index is 1200. The Balaban J connectivity index is 0.000000239. The summed E-state index contributed by atoms with van der Waals surface area (Å²) in [6.45, 7) is 3.25. The smallest absolute Gasteiger partial charge is 0.547 e. The average molecular weight is 587 g/mol. The molecule has 5 rings (SSSR count). The third-order valence-corrected chi connectivity index (χ3v) is 8.27. The van der Waals surface area contributed by atoms with Crippen molar-refractivity contribution in [3.05, 3.63) is 47.7 Å². The minimum Gasteiger partial charge on any atom is -0.547 e. The molecule has 5 N–H and O–H groups in total. The number of benzene rings is 1. The van der Waals surface area contributed by atoms with Crippen LogP contribution >= 0.6 is 11.8 Å². The van der Waals surface area contributed by atoms with Gasteiger partial charge in [0.15, 0.2) is 6.23 Å². The van der Waals surface area contributed by atoms with Crippen LogP contribution in [0.4, 0.5) is 0 Å². The Morgan fingerprint density at radius 2 is 1.90 bits per heavy atom. The zero-order chi connectivity index (χ0) is 27.9. The summed E-state index contributed by atoms with van der Waals surface area (Å²) < 4.78 is 4.51. The molecule has 39 heavy (non-hydrogen) atoms. The molecule has 6 atom stereocenters. The summed E-state index contributed by atoms with van der Waals surface area (Å²) in [5.41, 5.74) is 6.59. The molecule has 204 valence electrons. The number of hydrogen-bond acceptors (Lipinski definition) is 10. The number of nitrogens with one attached hydrogen (secondary N) is 1. The summed E-state index contributed by atoms with van der Waals surface area (Å²) in [6, 6.07) is 5.20. The normalized spacial score (nSPS) is 29.3. The predicted molar refractivity (Wildman–Crippen MR) is 129 cm³/mol. The molecule has 13 nitrogen and oxygen atoms in total. The van der Waals surface area contributed by atoms with E-state index in [0.717, 1.165) is 4.90 Å². The summed E-state index contributed by atoms with van der Waals surface area (Å²) in [5, 5.41) is 31.0. The van der Waals surface area contributed by atoms with E-state index >= 15 is 0 Å². The van der Waals surface area contributed by atoms with Crippen molar-refractivity contribution in [2.24, 2.45) is 5.73 Å². The van der Waals surface area contributed by atoms with Gasteiger partial charge < -0.3 is 40.8 Å². The molecule has 4 saturated heterocycles. The van der Waals surface area contributed by atoms with E-state index < -0.39 is 53.0 Å². The maximum atomic E-state index is 12.3. The van der Waals surface area contributed by atoms with E-state index in [1.807, 2.05) is 6.07 Å². The Hall–Kier alpha value is -1.98. The van der Waals surface area contributed by atoms with Gasteiger partial charge >= 0.3 is 57.4 Å². The van der Waals surface area contributed by atoms with E-state index in [-0.39, 0.29) is 87.4 Å². The van der Waals surface area contributed by atoms with E-state index in [4.69, 9.17) is 15.6 Å². The second kappa shape index (κ2) is 12.3. The van der Waals surface area contributed by atoms with E-state index in [1.54, 1.807) is 38.1 Å². The minimum absolute atomic E-state index is 0. The monoisotopic (exact) mass is 586 g/mol. The molecule has 4 aliphatic rings. The van der Waals surface area contributed by atoms with E-state index in [0.29, 0.717) is 5.56 Å². The number of nitrogens with zero attached hydrogens (tertiary/aromatic N) is 2. The largest absolute Gasteiger partial charge is 1.00 e. The van der Waals surface area contributed by atoms with Crippen molar-refractivity contribution < 1.29 is 95.4 Å².